The lowest BCUT2D eigenvalue weighted by molar-refractivity contribution is 0.0767. The molecule has 2 fully saturated rings. The van der Waals surface area contributed by atoms with Crippen LogP contribution in [0.4, 0.5) is 10.6 Å². The highest BCUT2D eigenvalue weighted by molar-refractivity contribution is 5.69. The molecule has 1 amide bonds. The highest BCUT2D eigenvalue weighted by Gasteiger charge is 2.34. The molecule has 3 aliphatic rings. The molecule has 2 atom stereocenters. The molecule has 1 unspecified atom stereocenters. The van der Waals surface area contributed by atoms with Crippen molar-refractivity contribution in [3.63, 3.8) is 0 Å². The first-order valence-corrected chi connectivity index (χ1v) is 12.8. The van der Waals surface area contributed by atoms with Crippen molar-refractivity contribution in [2.45, 2.75) is 50.9 Å². The van der Waals surface area contributed by atoms with Gasteiger partial charge in [-0.1, -0.05) is 30.3 Å². The summed E-state index contributed by atoms with van der Waals surface area (Å²) in [5, 5.41) is 16.3. The maximum atomic E-state index is 12.9. The predicted octanol–water partition coefficient (Wildman–Crippen LogP) is 1.99. The molecule has 1 aromatic heterocycles. The molecule has 0 aliphatic carbocycles. The Labute approximate surface area is 211 Å². The Hall–Kier alpha value is -3.42. The Kier molecular flexibility index (Phi) is 7.79. The summed E-state index contributed by atoms with van der Waals surface area (Å²) in [6, 6.07) is 12.3. The third-order valence-corrected chi connectivity index (χ3v) is 7.02. The first kappa shape index (κ1) is 24.3. The largest absolute Gasteiger partial charge is 0.462 e. The monoisotopic (exact) mass is 491 g/mol. The molecule has 2 aromatic rings. The highest BCUT2D eigenvalue weighted by Crippen LogP contribution is 2.29. The number of nitrogens with zero attached hydrogens (tertiary/aromatic N) is 5. The van der Waals surface area contributed by atoms with E-state index in [1.165, 1.54) is 0 Å². The number of hydrogen-bond donors (Lipinski definition) is 2. The summed E-state index contributed by atoms with van der Waals surface area (Å²) in [5.74, 6) is 0.858. The Morgan fingerprint density at radius 3 is 2.89 bits per heavy atom. The summed E-state index contributed by atoms with van der Waals surface area (Å²) in [4.78, 5) is 26.3. The summed E-state index contributed by atoms with van der Waals surface area (Å²) >= 11 is 0. The second-order valence-corrected chi connectivity index (χ2v) is 9.48. The van der Waals surface area contributed by atoms with Crippen molar-refractivity contribution in [3.8, 4) is 12.1 Å². The van der Waals surface area contributed by atoms with Crippen molar-refractivity contribution in [1.29, 1.82) is 5.26 Å². The Balaban J connectivity index is 1.30. The lowest BCUT2D eigenvalue weighted by atomic mass is 10.0. The van der Waals surface area contributed by atoms with Gasteiger partial charge in [-0.25, -0.2) is 4.79 Å². The number of carbonyl (C=O) groups excluding carboxylic acids is 1. The minimum absolute atomic E-state index is 0.210. The van der Waals surface area contributed by atoms with Gasteiger partial charge in [-0.05, 0) is 37.9 Å². The number of rotatable bonds is 7. The fraction of sp³-hybridized carbons (Fsp3) is 0.538. The van der Waals surface area contributed by atoms with Crippen LogP contribution in [0.5, 0.6) is 6.01 Å². The fourth-order valence-corrected chi connectivity index (χ4v) is 5.09. The number of hydrogen-bond acceptors (Lipinski definition) is 9. The SMILES string of the molecule is N#CCC1CN(c2nc(OC[C@@H]3CCCN3)nc3c2CCNC3)CCN1C(=O)OCc1ccccc1. The van der Waals surface area contributed by atoms with Crippen LogP contribution in [0.1, 0.15) is 36.1 Å². The number of carbonyl (C=O) groups is 1. The molecule has 0 bridgehead atoms. The van der Waals surface area contributed by atoms with E-state index in [4.69, 9.17) is 19.4 Å². The average molecular weight is 492 g/mol. The maximum absolute atomic E-state index is 12.9. The van der Waals surface area contributed by atoms with Crippen LogP contribution in [0.25, 0.3) is 0 Å². The van der Waals surface area contributed by atoms with Gasteiger partial charge in [0.2, 0.25) is 0 Å². The number of ether oxygens (including phenoxy) is 2. The molecule has 2 N–H and O–H groups in total. The molecule has 5 rings (SSSR count). The number of aromatic nitrogens is 2. The zero-order chi connectivity index (χ0) is 24.7. The summed E-state index contributed by atoms with van der Waals surface area (Å²) in [6.45, 7) is 4.88. The van der Waals surface area contributed by atoms with Crippen LogP contribution in [0.3, 0.4) is 0 Å². The third-order valence-electron chi connectivity index (χ3n) is 7.02. The lowest BCUT2D eigenvalue weighted by Crippen LogP contribution is -2.55. The van der Waals surface area contributed by atoms with Gasteiger partial charge >= 0.3 is 12.1 Å². The van der Waals surface area contributed by atoms with Crippen LogP contribution in [0, 0.1) is 11.3 Å². The van der Waals surface area contributed by atoms with E-state index in [1.54, 1.807) is 4.90 Å². The van der Waals surface area contributed by atoms with Gasteiger partial charge in [0.15, 0.2) is 0 Å². The van der Waals surface area contributed by atoms with Crippen LogP contribution in [0.15, 0.2) is 30.3 Å². The smallest absolute Gasteiger partial charge is 0.410 e. The van der Waals surface area contributed by atoms with Gasteiger partial charge in [-0.2, -0.15) is 15.2 Å². The molecule has 10 heteroatoms. The normalized spacial score (nSPS) is 21.5. The molecule has 0 spiro atoms. The van der Waals surface area contributed by atoms with Crippen LogP contribution in [0.2, 0.25) is 0 Å². The van der Waals surface area contributed by atoms with Crippen LogP contribution in [-0.2, 0) is 24.3 Å². The van der Waals surface area contributed by atoms with Crippen molar-refractivity contribution in [2.75, 3.05) is 44.2 Å². The van der Waals surface area contributed by atoms with E-state index in [0.717, 1.165) is 55.0 Å². The number of nitriles is 1. The molecular weight excluding hydrogens is 458 g/mol. The van der Waals surface area contributed by atoms with Crippen molar-refractivity contribution in [2.24, 2.45) is 0 Å². The van der Waals surface area contributed by atoms with E-state index < -0.39 is 0 Å². The van der Waals surface area contributed by atoms with Crippen LogP contribution < -0.4 is 20.3 Å². The van der Waals surface area contributed by atoms with Gasteiger partial charge in [0.05, 0.1) is 24.2 Å². The molecule has 36 heavy (non-hydrogen) atoms. The summed E-state index contributed by atoms with van der Waals surface area (Å²) < 4.78 is 11.6. The van der Waals surface area contributed by atoms with Gasteiger partial charge in [0.25, 0.3) is 0 Å². The van der Waals surface area contributed by atoms with Crippen molar-refractivity contribution < 1.29 is 14.3 Å². The summed E-state index contributed by atoms with van der Waals surface area (Å²) in [7, 11) is 0. The fourth-order valence-electron chi connectivity index (χ4n) is 5.09. The molecule has 4 heterocycles. The van der Waals surface area contributed by atoms with E-state index in [9.17, 15) is 10.1 Å². The molecule has 3 aliphatic heterocycles. The van der Waals surface area contributed by atoms with Crippen molar-refractivity contribution >= 4 is 11.9 Å². The minimum Gasteiger partial charge on any atom is -0.462 e. The molecule has 2 saturated heterocycles. The summed E-state index contributed by atoms with van der Waals surface area (Å²) in [5.41, 5.74) is 3.01. The Morgan fingerprint density at radius 1 is 1.19 bits per heavy atom. The zero-order valence-electron chi connectivity index (χ0n) is 20.5. The van der Waals surface area contributed by atoms with Gasteiger partial charge in [0, 0.05) is 37.8 Å². The summed E-state index contributed by atoms with van der Waals surface area (Å²) in [6.07, 6.45) is 2.92. The average Bonchev–Trinajstić information content (AvgIpc) is 3.45. The highest BCUT2D eigenvalue weighted by atomic mass is 16.6. The van der Waals surface area contributed by atoms with Crippen LogP contribution in [-0.4, -0.2) is 72.4 Å². The molecule has 190 valence electrons. The quantitative estimate of drug-likeness (QED) is 0.600. The number of fused-ring (bicyclic) bond motifs is 1. The van der Waals surface area contributed by atoms with Crippen molar-refractivity contribution in [1.82, 2.24) is 25.5 Å². The number of amides is 1. The van der Waals surface area contributed by atoms with Crippen molar-refractivity contribution in [3.05, 3.63) is 47.2 Å². The third kappa shape index (κ3) is 5.69. The second kappa shape index (κ2) is 11.5. The Morgan fingerprint density at radius 2 is 2.08 bits per heavy atom. The van der Waals surface area contributed by atoms with E-state index in [-0.39, 0.29) is 25.2 Å². The first-order chi connectivity index (χ1) is 17.7. The van der Waals surface area contributed by atoms with E-state index in [0.29, 0.717) is 44.8 Å². The maximum Gasteiger partial charge on any atom is 0.410 e. The molecule has 10 nitrogen and oxygen atoms in total. The van der Waals surface area contributed by atoms with Gasteiger partial charge in [-0.15, -0.1) is 0 Å². The van der Waals surface area contributed by atoms with Gasteiger partial charge in [0.1, 0.15) is 19.0 Å². The van der Waals surface area contributed by atoms with E-state index in [1.807, 2.05) is 30.3 Å². The zero-order valence-corrected chi connectivity index (χ0v) is 20.5. The van der Waals surface area contributed by atoms with Gasteiger partial charge in [-0.3, -0.25) is 0 Å². The number of benzene rings is 1. The number of nitrogens with one attached hydrogen (secondary N) is 2. The predicted molar refractivity (Wildman–Crippen MR) is 134 cm³/mol. The van der Waals surface area contributed by atoms with E-state index >= 15 is 0 Å². The molecule has 0 saturated carbocycles. The van der Waals surface area contributed by atoms with Crippen LogP contribution >= 0.6 is 0 Å². The topological polar surface area (TPSA) is 116 Å². The molecule has 0 radical (unpaired) electrons. The standard InChI is InChI=1S/C26H33N7O3/c27-10-8-21-16-32(13-14-33(21)26(34)36-17-19-5-2-1-3-6-19)24-22-9-12-28-15-23(22)30-25(31-24)35-18-20-7-4-11-29-20/h1-3,5-6,20-21,28-29H,4,7-9,11-18H2/t20-,21?/m0/s1. The second-order valence-electron chi connectivity index (χ2n) is 9.48. The number of anilines is 1. The minimum atomic E-state index is -0.388. The van der Waals surface area contributed by atoms with Gasteiger partial charge < -0.3 is 29.9 Å². The number of piperazine rings is 1. The lowest BCUT2D eigenvalue weighted by Gasteiger charge is -2.41. The molecular formula is C26H33N7O3. The van der Waals surface area contributed by atoms with E-state index in [2.05, 4.69) is 21.6 Å². The Bertz CT molecular complexity index is 1080. The first-order valence-electron chi connectivity index (χ1n) is 12.8. The molecule has 1 aromatic carbocycles.